The van der Waals surface area contributed by atoms with Crippen molar-refractivity contribution in [2.24, 2.45) is 5.73 Å². The quantitative estimate of drug-likeness (QED) is 0.734. The van der Waals surface area contributed by atoms with E-state index in [0.717, 1.165) is 37.5 Å². The van der Waals surface area contributed by atoms with Crippen molar-refractivity contribution in [3.8, 4) is 5.75 Å². The fraction of sp³-hybridized carbons (Fsp3) is 0.600. The fourth-order valence-corrected chi connectivity index (χ4v) is 2.57. The summed E-state index contributed by atoms with van der Waals surface area (Å²) in [6, 6.07) is 5.67. The maximum absolute atomic E-state index is 6.29. The minimum Gasteiger partial charge on any atom is -0.496 e. The van der Waals surface area contributed by atoms with Gasteiger partial charge in [-0.15, -0.1) is 0 Å². The molecule has 0 aliphatic heterocycles. The molecule has 0 saturated carbocycles. The Morgan fingerprint density at radius 1 is 1.35 bits per heavy atom. The number of methoxy groups -OCH3 is 1. The van der Waals surface area contributed by atoms with E-state index < -0.39 is 0 Å². The standard InChI is InChI=1S/C15H26ClN3O/c1-4-19(5-2)10-9-18-13(11-17)15-12(16)7-6-8-14(15)20-3/h6-8,13,18H,4-5,9-11,17H2,1-3H3. The van der Waals surface area contributed by atoms with Crippen molar-refractivity contribution in [1.82, 2.24) is 10.2 Å². The molecule has 0 bridgehead atoms. The molecule has 1 unspecified atom stereocenters. The van der Waals surface area contributed by atoms with Crippen molar-refractivity contribution < 1.29 is 4.74 Å². The molecule has 1 aromatic carbocycles. The van der Waals surface area contributed by atoms with Crippen LogP contribution in [0.2, 0.25) is 5.02 Å². The minimum atomic E-state index is 0.00853. The molecule has 0 saturated heterocycles. The normalized spacial score (nSPS) is 12.7. The van der Waals surface area contributed by atoms with Gasteiger partial charge in [-0.3, -0.25) is 0 Å². The first-order valence-electron chi connectivity index (χ1n) is 7.16. The summed E-state index contributed by atoms with van der Waals surface area (Å²) in [5.41, 5.74) is 6.83. The topological polar surface area (TPSA) is 50.5 Å². The highest BCUT2D eigenvalue weighted by atomic mass is 35.5. The summed E-state index contributed by atoms with van der Waals surface area (Å²) in [5.74, 6) is 0.781. The van der Waals surface area contributed by atoms with Crippen LogP contribution in [0.5, 0.6) is 5.75 Å². The number of likely N-dealkylation sites (N-methyl/N-ethyl adjacent to an activating group) is 1. The average Bonchev–Trinajstić information content (AvgIpc) is 2.48. The van der Waals surface area contributed by atoms with Crippen LogP contribution in [0.4, 0.5) is 0 Å². The van der Waals surface area contributed by atoms with E-state index in [0.29, 0.717) is 11.6 Å². The van der Waals surface area contributed by atoms with E-state index >= 15 is 0 Å². The zero-order valence-electron chi connectivity index (χ0n) is 12.7. The minimum absolute atomic E-state index is 0.00853. The fourth-order valence-electron chi connectivity index (χ4n) is 2.27. The number of rotatable bonds is 9. The maximum atomic E-state index is 6.29. The number of nitrogens with two attached hydrogens (primary N) is 1. The molecule has 20 heavy (non-hydrogen) atoms. The maximum Gasteiger partial charge on any atom is 0.125 e. The van der Waals surface area contributed by atoms with Gasteiger partial charge in [0.25, 0.3) is 0 Å². The molecule has 0 aliphatic carbocycles. The van der Waals surface area contributed by atoms with E-state index in [1.165, 1.54) is 0 Å². The van der Waals surface area contributed by atoms with Crippen LogP contribution in [0.15, 0.2) is 18.2 Å². The Hall–Kier alpha value is -0.810. The van der Waals surface area contributed by atoms with Gasteiger partial charge in [-0.05, 0) is 25.2 Å². The van der Waals surface area contributed by atoms with Gasteiger partial charge in [-0.1, -0.05) is 31.5 Å². The van der Waals surface area contributed by atoms with Crippen molar-refractivity contribution in [2.45, 2.75) is 19.9 Å². The van der Waals surface area contributed by atoms with Crippen molar-refractivity contribution in [3.63, 3.8) is 0 Å². The SMILES string of the molecule is CCN(CC)CCNC(CN)c1c(Cl)cccc1OC. The number of nitrogens with one attached hydrogen (secondary N) is 1. The van der Waals surface area contributed by atoms with Gasteiger partial charge in [-0.25, -0.2) is 0 Å². The first-order valence-corrected chi connectivity index (χ1v) is 7.53. The lowest BCUT2D eigenvalue weighted by Gasteiger charge is -2.23. The van der Waals surface area contributed by atoms with Gasteiger partial charge in [0.15, 0.2) is 0 Å². The molecule has 0 spiro atoms. The van der Waals surface area contributed by atoms with Crippen molar-refractivity contribution >= 4 is 11.6 Å². The summed E-state index contributed by atoms with van der Waals surface area (Å²) in [6.07, 6.45) is 0. The molecule has 0 fully saturated rings. The lowest BCUT2D eigenvalue weighted by molar-refractivity contribution is 0.296. The van der Waals surface area contributed by atoms with E-state index in [4.69, 9.17) is 22.1 Å². The first-order chi connectivity index (χ1) is 9.67. The number of hydrogen-bond donors (Lipinski definition) is 2. The zero-order valence-corrected chi connectivity index (χ0v) is 13.4. The summed E-state index contributed by atoms with van der Waals surface area (Å²) in [7, 11) is 1.65. The van der Waals surface area contributed by atoms with Crippen LogP contribution < -0.4 is 15.8 Å². The molecule has 114 valence electrons. The van der Waals surface area contributed by atoms with Crippen LogP contribution in [0.25, 0.3) is 0 Å². The summed E-state index contributed by atoms with van der Waals surface area (Å²) >= 11 is 6.29. The van der Waals surface area contributed by atoms with Gasteiger partial charge in [-0.2, -0.15) is 0 Å². The second kappa shape index (κ2) is 9.19. The third kappa shape index (κ3) is 4.63. The highest BCUT2D eigenvalue weighted by Crippen LogP contribution is 2.31. The molecule has 0 aromatic heterocycles. The van der Waals surface area contributed by atoms with Crippen LogP contribution in [0.1, 0.15) is 25.5 Å². The summed E-state index contributed by atoms with van der Waals surface area (Å²) in [4.78, 5) is 2.37. The Bertz CT molecular complexity index is 397. The Morgan fingerprint density at radius 2 is 2.05 bits per heavy atom. The monoisotopic (exact) mass is 299 g/mol. The van der Waals surface area contributed by atoms with E-state index in [9.17, 15) is 0 Å². The number of benzene rings is 1. The van der Waals surface area contributed by atoms with E-state index in [1.54, 1.807) is 7.11 Å². The second-order valence-corrected chi connectivity index (χ2v) is 5.03. The van der Waals surface area contributed by atoms with E-state index in [-0.39, 0.29) is 6.04 Å². The third-order valence-electron chi connectivity index (χ3n) is 3.53. The van der Waals surface area contributed by atoms with Gasteiger partial charge in [0.2, 0.25) is 0 Å². The van der Waals surface area contributed by atoms with Crippen molar-refractivity contribution in [2.75, 3.05) is 39.8 Å². The smallest absolute Gasteiger partial charge is 0.125 e. The lowest BCUT2D eigenvalue weighted by Crippen LogP contribution is -2.36. The van der Waals surface area contributed by atoms with Crippen molar-refractivity contribution in [3.05, 3.63) is 28.8 Å². The number of hydrogen-bond acceptors (Lipinski definition) is 4. The Labute approximate surface area is 127 Å². The second-order valence-electron chi connectivity index (χ2n) is 4.63. The van der Waals surface area contributed by atoms with Crippen LogP contribution in [-0.4, -0.2) is 44.7 Å². The Kier molecular flexibility index (Phi) is 7.92. The molecule has 0 radical (unpaired) electrons. The third-order valence-corrected chi connectivity index (χ3v) is 3.86. The molecular weight excluding hydrogens is 274 g/mol. The molecule has 5 heteroatoms. The van der Waals surface area contributed by atoms with Crippen LogP contribution in [0, 0.1) is 0 Å². The summed E-state index contributed by atoms with van der Waals surface area (Å²) in [6.45, 7) is 8.80. The predicted octanol–water partition coefficient (Wildman–Crippen LogP) is 2.28. The van der Waals surface area contributed by atoms with Gasteiger partial charge in [0.05, 0.1) is 7.11 Å². The lowest BCUT2D eigenvalue weighted by atomic mass is 10.1. The highest BCUT2D eigenvalue weighted by molar-refractivity contribution is 6.31. The van der Waals surface area contributed by atoms with Crippen LogP contribution >= 0.6 is 11.6 Å². The molecule has 0 amide bonds. The van der Waals surface area contributed by atoms with E-state index in [2.05, 4.69) is 24.1 Å². The Balaban J connectivity index is 2.71. The summed E-state index contributed by atoms with van der Waals surface area (Å²) < 4.78 is 5.39. The Morgan fingerprint density at radius 3 is 2.60 bits per heavy atom. The van der Waals surface area contributed by atoms with Crippen LogP contribution in [0.3, 0.4) is 0 Å². The summed E-state index contributed by atoms with van der Waals surface area (Å²) in [5, 5.41) is 4.16. The highest BCUT2D eigenvalue weighted by Gasteiger charge is 2.17. The average molecular weight is 300 g/mol. The molecule has 4 nitrogen and oxygen atoms in total. The van der Waals surface area contributed by atoms with Crippen molar-refractivity contribution in [1.29, 1.82) is 0 Å². The molecule has 0 heterocycles. The van der Waals surface area contributed by atoms with Gasteiger partial charge >= 0.3 is 0 Å². The molecular formula is C15H26ClN3O. The van der Waals surface area contributed by atoms with E-state index in [1.807, 2.05) is 18.2 Å². The van der Waals surface area contributed by atoms with Crippen LogP contribution in [-0.2, 0) is 0 Å². The van der Waals surface area contributed by atoms with Gasteiger partial charge < -0.3 is 20.7 Å². The van der Waals surface area contributed by atoms with Gasteiger partial charge in [0.1, 0.15) is 5.75 Å². The predicted molar refractivity (Wildman–Crippen MR) is 85.6 cm³/mol. The molecule has 3 N–H and O–H groups in total. The molecule has 1 rings (SSSR count). The zero-order chi connectivity index (χ0) is 15.0. The molecule has 0 aliphatic rings. The number of ether oxygens (including phenoxy) is 1. The van der Waals surface area contributed by atoms with Gasteiger partial charge in [0, 0.05) is 36.3 Å². The first kappa shape index (κ1) is 17.2. The molecule has 1 aromatic rings. The number of nitrogens with zero attached hydrogens (tertiary/aromatic N) is 1. The molecule has 1 atom stereocenters. The number of halogens is 1. The largest absolute Gasteiger partial charge is 0.496 e.